The van der Waals surface area contributed by atoms with Gasteiger partial charge in [-0.1, -0.05) is 48.5 Å². The number of benzene rings is 3. The van der Waals surface area contributed by atoms with Gasteiger partial charge < -0.3 is 26.6 Å². The predicted molar refractivity (Wildman–Crippen MR) is 151 cm³/mol. The summed E-state index contributed by atoms with van der Waals surface area (Å²) < 4.78 is 31.7. The summed E-state index contributed by atoms with van der Waals surface area (Å²) in [5.41, 5.74) is 9.46. The molecular weight excluding hydrogens is 567 g/mol. The van der Waals surface area contributed by atoms with Crippen LogP contribution in [0.1, 0.15) is 63.1 Å². The first-order chi connectivity index (χ1) is 20.3. The van der Waals surface area contributed by atoms with E-state index in [1.807, 2.05) is 12.1 Å². The number of amides is 1. The van der Waals surface area contributed by atoms with Gasteiger partial charge in [-0.3, -0.25) is 14.4 Å². The van der Waals surface area contributed by atoms with Crippen molar-refractivity contribution < 1.29 is 42.6 Å². The number of fused-ring (bicyclic) bond motifs is 2. The number of carbonyl (C=O) groups is 4. The molecule has 3 aromatic rings. The van der Waals surface area contributed by atoms with E-state index in [1.165, 1.54) is 0 Å². The lowest BCUT2D eigenvalue weighted by atomic mass is 9.83. The number of carbonyl (C=O) groups excluding carboxylic acids is 3. The van der Waals surface area contributed by atoms with Crippen molar-refractivity contribution in [3.63, 3.8) is 0 Å². The van der Waals surface area contributed by atoms with Gasteiger partial charge in [0.05, 0.1) is 11.6 Å². The van der Waals surface area contributed by atoms with E-state index < -0.39 is 18.2 Å². The summed E-state index contributed by atoms with van der Waals surface area (Å²) in [6, 6.07) is 18.5. The van der Waals surface area contributed by atoms with Crippen LogP contribution >= 0.6 is 0 Å². The summed E-state index contributed by atoms with van der Waals surface area (Å²) in [6.07, 6.45) is -1.46. The summed E-state index contributed by atoms with van der Waals surface area (Å²) in [6.45, 7) is 0. The van der Waals surface area contributed by atoms with Crippen LogP contribution in [-0.2, 0) is 16.0 Å². The van der Waals surface area contributed by atoms with Crippen LogP contribution in [0, 0.1) is 0 Å². The SMILES string of the molecule is N[C@@H](Cc1ccc(O)cc1)C(=O)NC1CCC(Nc2cccc3c2C(=O)c2ccccc2C3=O)CC1.O=C(O)C(F)(F)F. The Bertz CT molecular complexity index is 1520. The molecule has 0 bridgehead atoms. The van der Waals surface area contributed by atoms with Crippen LogP contribution in [0.3, 0.4) is 0 Å². The minimum atomic E-state index is -5.08. The van der Waals surface area contributed by atoms with Gasteiger partial charge in [0.25, 0.3) is 0 Å². The van der Waals surface area contributed by atoms with Gasteiger partial charge in [0.1, 0.15) is 5.75 Å². The Hall–Kier alpha value is -4.71. The first kappa shape index (κ1) is 31.2. The zero-order valence-electron chi connectivity index (χ0n) is 22.9. The molecule has 2 aliphatic carbocycles. The number of hydrogen-bond donors (Lipinski definition) is 5. The average Bonchev–Trinajstić information content (AvgIpc) is 2.98. The maximum atomic E-state index is 13.2. The van der Waals surface area contributed by atoms with Crippen molar-refractivity contribution >= 4 is 29.1 Å². The lowest BCUT2D eigenvalue weighted by molar-refractivity contribution is -0.192. The molecule has 2 aliphatic rings. The van der Waals surface area contributed by atoms with Crippen LogP contribution in [0.25, 0.3) is 0 Å². The fourth-order valence-corrected chi connectivity index (χ4v) is 5.15. The normalized spacial score (nSPS) is 18.3. The lowest BCUT2D eigenvalue weighted by Crippen LogP contribution is -2.48. The number of ketones is 2. The van der Waals surface area contributed by atoms with E-state index in [0.717, 1.165) is 31.2 Å². The number of carboxylic acid groups (broad SMARTS) is 1. The second-order valence-corrected chi connectivity index (χ2v) is 10.4. The van der Waals surface area contributed by atoms with Gasteiger partial charge in [0, 0.05) is 34.5 Å². The highest BCUT2D eigenvalue weighted by molar-refractivity contribution is 6.30. The number of rotatable bonds is 6. The molecule has 0 unspecified atom stereocenters. The molecule has 5 rings (SSSR count). The molecule has 0 radical (unpaired) electrons. The largest absolute Gasteiger partial charge is 0.508 e. The molecule has 9 nitrogen and oxygen atoms in total. The first-order valence-electron chi connectivity index (χ1n) is 13.6. The van der Waals surface area contributed by atoms with E-state index in [-0.39, 0.29) is 35.3 Å². The number of carboxylic acids is 1. The Morgan fingerprint density at radius 1 is 0.837 bits per heavy atom. The predicted octanol–water partition coefficient (Wildman–Crippen LogP) is 4.21. The van der Waals surface area contributed by atoms with Crippen molar-refractivity contribution in [2.75, 3.05) is 5.32 Å². The van der Waals surface area contributed by atoms with Crippen molar-refractivity contribution in [1.29, 1.82) is 0 Å². The highest BCUT2D eigenvalue weighted by Crippen LogP contribution is 2.33. The third-order valence-electron chi connectivity index (χ3n) is 7.36. The number of alkyl halides is 3. The Kier molecular flexibility index (Phi) is 9.50. The monoisotopic (exact) mass is 597 g/mol. The molecule has 1 saturated carbocycles. The molecule has 1 amide bonds. The minimum absolute atomic E-state index is 0.0428. The highest BCUT2D eigenvalue weighted by atomic mass is 19.4. The number of nitrogens with two attached hydrogens (primary N) is 1. The van der Waals surface area contributed by atoms with Crippen molar-refractivity contribution in [2.24, 2.45) is 5.73 Å². The van der Waals surface area contributed by atoms with Crippen molar-refractivity contribution in [3.05, 3.63) is 94.5 Å². The van der Waals surface area contributed by atoms with Gasteiger partial charge in [-0.05, 0) is 55.9 Å². The molecule has 1 fully saturated rings. The van der Waals surface area contributed by atoms with Gasteiger partial charge in [-0.15, -0.1) is 0 Å². The number of halogens is 3. The van der Waals surface area contributed by atoms with E-state index in [1.54, 1.807) is 54.6 Å². The number of aliphatic carboxylic acids is 1. The van der Waals surface area contributed by atoms with Crippen LogP contribution in [0.2, 0.25) is 0 Å². The smallest absolute Gasteiger partial charge is 0.490 e. The molecule has 0 spiro atoms. The molecular formula is C31H30F3N3O6. The van der Waals surface area contributed by atoms with E-state index in [9.17, 15) is 32.7 Å². The topological polar surface area (TPSA) is 159 Å². The Labute approximate surface area is 244 Å². The van der Waals surface area contributed by atoms with Gasteiger partial charge in [0.15, 0.2) is 11.6 Å². The second-order valence-electron chi connectivity index (χ2n) is 10.4. The fraction of sp³-hybridized carbons (Fsp3) is 0.290. The van der Waals surface area contributed by atoms with Crippen LogP contribution in [0.15, 0.2) is 66.7 Å². The molecule has 1 atom stereocenters. The third kappa shape index (κ3) is 7.58. The Morgan fingerprint density at radius 2 is 1.37 bits per heavy atom. The Morgan fingerprint density at radius 3 is 1.95 bits per heavy atom. The number of aromatic hydroxyl groups is 1. The number of anilines is 1. The Balaban J connectivity index is 0.000000541. The zero-order valence-corrected chi connectivity index (χ0v) is 22.9. The third-order valence-corrected chi connectivity index (χ3v) is 7.36. The highest BCUT2D eigenvalue weighted by Gasteiger charge is 2.38. The molecule has 0 aromatic heterocycles. The van der Waals surface area contributed by atoms with Gasteiger partial charge in [0.2, 0.25) is 5.91 Å². The molecule has 0 heterocycles. The molecule has 226 valence electrons. The van der Waals surface area contributed by atoms with Crippen LogP contribution in [-0.4, -0.2) is 58.0 Å². The van der Waals surface area contributed by atoms with E-state index in [0.29, 0.717) is 34.4 Å². The average molecular weight is 598 g/mol. The number of hydrogen-bond acceptors (Lipinski definition) is 7. The van der Waals surface area contributed by atoms with Crippen molar-refractivity contribution in [1.82, 2.24) is 5.32 Å². The molecule has 43 heavy (non-hydrogen) atoms. The number of phenolic OH excluding ortho intramolecular Hbond substituents is 1. The summed E-state index contributed by atoms with van der Waals surface area (Å²) in [7, 11) is 0. The van der Waals surface area contributed by atoms with Crippen LogP contribution < -0.4 is 16.4 Å². The summed E-state index contributed by atoms with van der Waals surface area (Å²) >= 11 is 0. The molecule has 12 heteroatoms. The minimum Gasteiger partial charge on any atom is -0.508 e. The van der Waals surface area contributed by atoms with Gasteiger partial charge in [-0.25, -0.2) is 4.79 Å². The molecule has 0 saturated heterocycles. The molecule has 6 N–H and O–H groups in total. The van der Waals surface area contributed by atoms with Gasteiger partial charge >= 0.3 is 12.1 Å². The van der Waals surface area contributed by atoms with Crippen molar-refractivity contribution in [3.8, 4) is 5.75 Å². The summed E-state index contributed by atoms with van der Waals surface area (Å²) in [4.78, 5) is 47.7. The van der Waals surface area contributed by atoms with E-state index >= 15 is 0 Å². The van der Waals surface area contributed by atoms with E-state index in [2.05, 4.69) is 10.6 Å². The van der Waals surface area contributed by atoms with E-state index in [4.69, 9.17) is 15.6 Å². The van der Waals surface area contributed by atoms with Crippen molar-refractivity contribution in [2.45, 2.75) is 56.4 Å². The number of phenols is 1. The maximum Gasteiger partial charge on any atom is 0.490 e. The zero-order chi connectivity index (χ0) is 31.3. The quantitative estimate of drug-likeness (QED) is 0.221. The second kappa shape index (κ2) is 13.1. The summed E-state index contributed by atoms with van der Waals surface area (Å²) in [5.74, 6) is -3.02. The molecule has 3 aromatic carbocycles. The standard InChI is InChI=1S/C29H29N3O4.C2HF3O2/c30-24(16-17-8-14-20(33)15-9-17)29(36)32-19-12-10-18(11-13-19)31-25-7-3-6-23-26(25)28(35)22-5-2-1-4-21(22)27(23)34;3-2(4,5)1(6)7/h1-9,14-15,18-19,24,31,33H,10-13,16,30H2,(H,32,36);(H,6,7)/t18?,19?,24-;/m0./s1. The first-order valence-corrected chi connectivity index (χ1v) is 13.6. The van der Waals surface area contributed by atoms with Crippen LogP contribution in [0.5, 0.6) is 5.75 Å². The van der Waals surface area contributed by atoms with Gasteiger partial charge in [-0.2, -0.15) is 13.2 Å². The lowest BCUT2D eigenvalue weighted by Gasteiger charge is -2.32. The maximum absolute atomic E-state index is 13.2. The summed E-state index contributed by atoms with van der Waals surface area (Å²) in [5, 5.41) is 23.1. The molecule has 0 aliphatic heterocycles. The van der Waals surface area contributed by atoms with Crippen LogP contribution in [0.4, 0.5) is 18.9 Å². The fourth-order valence-electron chi connectivity index (χ4n) is 5.15. The number of nitrogens with one attached hydrogen (secondary N) is 2.